The first-order valence-electron chi connectivity index (χ1n) is 15.2. The highest BCUT2D eigenvalue weighted by Gasteiger charge is 2.80. The molecule has 2 heterocycles. The van der Waals surface area contributed by atoms with Crippen molar-refractivity contribution in [2.75, 3.05) is 4.90 Å². The van der Waals surface area contributed by atoms with E-state index in [1.165, 1.54) is 26.0 Å². The van der Waals surface area contributed by atoms with Crippen molar-refractivity contribution in [2.45, 2.75) is 45.5 Å². The van der Waals surface area contributed by atoms with Gasteiger partial charge in [-0.25, -0.2) is 0 Å². The molecule has 0 radical (unpaired) electrons. The number of thiophene rings is 2. The fourth-order valence-corrected chi connectivity index (χ4v) is 8.47. The molecular weight excluding hydrogens is 661 g/mol. The average Bonchev–Trinajstić information content (AvgIpc) is 3.62. The van der Waals surface area contributed by atoms with Crippen molar-refractivity contribution in [1.29, 1.82) is 0 Å². The van der Waals surface area contributed by atoms with Gasteiger partial charge in [0.05, 0.1) is 0 Å². The molecule has 0 saturated heterocycles. The van der Waals surface area contributed by atoms with Gasteiger partial charge in [0, 0.05) is 58.5 Å². The van der Waals surface area contributed by atoms with Gasteiger partial charge in [0.15, 0.2) is 0 Å². The number of hydrogen-bond acceptors (Lipinski definition) is 3. The Morgan fingerprint density at radius 2 is 1.04 bits per heavy atom. The third kappa shape index (κ3) is 4.89. The summed E-state index contributed by atoms with van der Waals surface area (Å²) in [5, 5.41) is 0.246. The molecular formula is C39H29F6NS2. The lowest BCUT2D eigenvalue weighted by Gasteiger charge is -2.26. The van der Waals surface area contributed by atoms with Crippen LogP contribution in [0.3, 0.4) is 0 Å². The summed E-state index contributed by atoms with van der Waals surface area (Å²) < 4.78 is 93.9. The number of fused-ring (bicyclic) bond motifs is 1. The normalized spacial score (nSPS) is 16.5. The van der Waals surface area contributed by atoms with Crippen LogP contribution < -0.4 is 4.90 Å². The molecule has 2 aromatic heterocycles. The Labute approximate surface area is 282 Å². The fraction of sp³-hybridized carbons (Fsp3) is 0.179. The van der Waals surface area contributed by atoms with Gasteiger partial charge >= 0.3 is 17.8 Å². The highest BCUT2D eigenvalue weighted by atomic mass is 32.1. The van der Waals surface area contributed by atoms with Crippen LogP contribution in [-0.2, 0) is 0 Å². The van der Waals surface area contributed by atoms with Gasteiger partial charge in [0.2, 0.25) is 0 Å². The molecule has 6 aromatic rings. The standard InChI is InChI=1S/C39H29F6NS2/c1-22-9-15-27(16-10-22)46(28-17-11-23(2)12-18-28)29-19-13-26(14-20-29)33-21-31(24(3)47-33)35-36(38(42,43)39(44,45)37(35,40)41)34-25(4)48-32-8-6-5-7-30(32)34/h5-21H,1-4H3. The van der Waals surface area contributed by atoms with Crippen molar-refractivity contribution in [1.82, 2.24) is 0 Å². The highest BCUT2D eigenvalue weighted by Crippen LogP contribution is 2.66. The summed E-state index contributed by atoms with van der Waals surface area (Å²) in [7, 11) is 0. The quantitative estimate of drug-likeness (QED) is 0.157. The molecule has 1 aliphatic carbocycles. The molecule has 48 heavy (non-hydrogen) atoms. The molecule has 1 nitrogen and oxygen atoms in total. The minimum absolute atomic E-state index is 0.243. The zero-order valence-corrected chi connectivity index (χ0v) is 28.0. The van der Waals surface area contributed by atoms with Crippen molar-refractivity contribution in [3.05, 3.63) is 135 Å². The number of hydrogen-bond donors (Lipinski definition) is 0. The van der Waals surface area contributed by atoms with Crippen LogP contribution >= 0.6 is 22.7 Å². The van der Waals surface area contributed by atoms with Crippen LogP contribution in [0.5, 0.6) is 0 Å². The van der Waals surface area contributed by atoms with Crippen molar-refractivity contribution in [3.63, 3.8) is 0 Å². The molecule has 7 rings (SSSR count). The third-order valence-electron chi connectivity index (χ3n) is 8.87. The maximum atomic E-state index is 15.8. The van der Waals surface area contributed by atoms with Crippen LogP contribution in [0.25, 0.3) is 31.7 Å². The second-order valence-electron chi connectivity index (χ2n) is 12.1. The zero-order chi connectivity index (χ0) is 34.2. The lowest BCUT2D eigenvalue weighted by molar-refractivity contribution is -0.254. The van der Waals surface area contributed by atoms with Crippen LogP contribution in [0, 0.1) is 27.7 Å². The van der Waals surface area contributed by atoms with Crippen molar-refractivity contribution >= 4 is 61.0 Å². The highest BCUT2D eigenvalue weighted by molar-refractivity contribution is 7.19. The predicted octanol–water partition coefficient (Wildman–Crippen LogP) is 13.2. The minimum atomic E-state index is -5.62. The van der Waals surface area contributed by atoms with E-state index >= 15 is 26.3 Å². The molecule has 4 aromatic carbocycles. The number of rotatable bonds is 6. The average molecular weight is 690 g/mol. The summed E-state index contributed by atoms with van der Waals surface area (Å²) in [4.78, 5) is 3.10. The fourth-order valence-electron chi connectivity index (χ4n) is 6.37. The molecule has 0 aliphatic heterocycles. The van der Waals surface area contributed by atoms with E-state index in [1.54, 1.807) is 18.2 Å². The van der Waals surface area contributed by atoms with Gasteiger partial charge in [-0.2, -0.15) is 26.3 Å². The Balaban J connectivity index is 1.35. The van der Waals surface area contributed by atoms with Crippen LogP contribution in [0.1, 0.15) is 32.0 Å². The van der Waals surface area contributed by atoms with Gasteiger partial charge < -0.3 is 4.90 Å². The van der Waals surface area contributed by atoms with Crippen molar-refractivity contribution in [2.24, 2.45) is 0 Å². The van der Waals surface area contributed by atoms with Gasteiger partial charge in [0.25, 0.3) is 0 Å². The Kier molecular flexibility index (Phi) is 7.64. The van der Waals surface area contributed by atoms with Gasteiger partial charge in [-0.05, 0) is 87.4 Å². The van der Waals surface area contributed by atoms with Crippen LogP contribution in [-0.4, -0.2) is 17.8 Å². The van der Waals surface area contributed by atoms with E-state index in [0.717, 1.165) is 50.9 Å². The zero-order valence-electron chi connectivity index (χ0n) is 26.3. The number of nitrogens with zero attached hydrogens (tertiary/aromatic N) is 1. The largest absolute Gasteiger partial charge is 0.380 e. The Morgan fingerprint density at radius 3 is 1.60 bits per heavy atom. The molecule has 0 fully saturated rings. The second kappa shape index (κ2) is 11.4. The van der Waals surface area contributed by atoms with E-state index in [9.17, 15) is 0 Å². The van der Waals surface area contributed by atoms with E-state index in [4.69, 9.17) is 0 Å². The summed E-state index contributed by atoms with van der Waals surface area (Å²) >= 11 is 2.22. The lowest BCUT2D eigenvalue weighted by Crippen LogP contribution is -2.48. The van der Waals surface area contributed by atoms with Crippen LogP contribution in [0.2, 0.25) is 0 Å². The SMILES string of the molecule is Cc1ccc(N(c2ccc(C)cc2)c2ccc(-c3cc(C4=C(c5c(C)sc6ccccc56)C(F)(F)C(F)(F)C4(F)F)c(C)s3)cc2)cc1. The van der Waals surface area contributed by atoms with Gasteiger partial charge in [-0.3, -0.25) is 0 Å². The molecule has 1 aliphatic rings. The lowest BCUT2D eigenvalue weighted by atomic mass is 9.93. The summed E-state index contributed by atoms with van der Waals surface area (Å²) in [5.74, 6) is -15.8. The smallest absolute Gasteiger partial charge is 0.311 e. The molecule has 0 N–H and O–H groups in total. The van der Waals surface area contributed by atoms with E-state index in [2.05, 4.69) is 4.90 Å². The summed E-state index contributed by atoms with van der Waals surface area (Å²) in [6, 6.07) is 31.4. The molecule has 0 atom stereocenters. The van der Waals surface area contributed by atoms with E-state index in [-0.39, 0.29) is 26.3 Å². The van der Waals surface area contributed by atoms with Crippen molar-refractivity contribution < 1.29 is 26.3 Å². The Bertz CT molecular complexity index is 2150. The summed E-state index contributed by atoms with van der Waals surface area (Å²) in [6.45, 7) is 7.03. The molecule has 0 amide bonds. The van der Waals surface area contributed by atoms with Gasteiger partial charge in [0.1, 0.15) is 0 Å². The van der Waals surface area contributed by atoms with Crippen LogP contribution in [0.4, 0.5) is 43.4 Å². The first kappa shape index (κ1) is 32.2. The predicted molar refractivity (Wildman–Crippen MR) is 187 cm³/mol. The van der Waals surface area contributed by atoms with E-state index < -0.39 is 28.9 Å². The molecule has 0 bridgehead atoms. The molecule has 0 saturated carbocycles. The minimum Gasteiger partial charge on any atom is -0.311 e. The monoisotopic (exact) mass is 689 g/mol. The summed E-state index contributed by atoms with van der Waals surface area (Å²) in [6.07, 6.45) is 0. The molecule has 0 unspecified atom stereocenters. The number of aryl methyl sites for hydroxylation is 4. The molecule has 244 valence electrons. The van der Waals surface area contributed by atoms with Crippen LogP contribution in [0.15, 0.2) is 103 Å². The molecule has 0 spiro atoms. The number of allylic oxidation sites excluding steroid dienone is 2. The van der Waals surface area contributed by atoms with Gasteiger partial charge in [-0.1, -0.05) is 65.7 Å². The van der Waals surface area contributed by atoms with Crippen molar-refractivity contribution in [3.8, 4) is 10.4 Å². The van der Waals surface area contributed by atoms with E-state index in [0.29, 0.717) is 15.1 Å². The topological polar surface area (TPSA) is 3.24 Å². The van der Waals surface area contributed by atoms with E-state index in [1.807, 2.05) is 86.6 Å². The number of benzene rings is 4. The summed E-state index contributed by atoms with van der Waals surface area (Å²) in [5.41, 5.74) is 2.42. The third-order valence-corrected chi connectivity index (χ3v) is 11.1. The van der Waals surface area contributed by atoms with Gasteiger partial charge in [-0.15, -0.1) is 22.7 Å². The number of alkyl halides is 6. The Hall–Kier alpha value is -4.34. The maximum Gasteiger partial charge on any atom is 0.380 e. The maximum absolute atomic E-state index is 15.8. The Morgan fingerprint density at radius 1 is 0.542 bits per heavy atom. The second-order valence-corrected chi connectivity index (χ2v) is 14.6. The number of anilines is 3. The number of halogens is 6. The first-order chi connectivity index (χ1) is 22.7. The molecule has 9 heteroatoms. The first-order valence-corrected chi connectivity index (χ1v) is 16.9.